The maximum Gasteiger partial charge on any atom is 0.244 e. The van der Waals surface area contributed by atoms with Gasteiger partial charge in [-0.1, -0.05) is 26.2 Å². The lowest BCUT2D eigenvalue weighted by Gasteiger charge is -2.25. The number of aromatic amines is 1. The summed E-state index contributed by atoms with van der Waals surface area (Å²) in [6.07, 6.45) is 4.68. The largest absolute Gasteiger partial charge is 0.311 e. The van der Waals surface area contributed by atoms with Gasteiger partial charge in [0.25, 0.3) is 0 Å². The van der Waals surface area contributed by atoms with Gasteiger partial charge in [0, 0.05) is 13.1 Å². The van der Waals surface area contributed by atoms with Crippen molar-refractivity contribution in [1.29, 1.82) is 0 Å². The maximum absolute atomic E-state index is 12.4. The van der Waals surface area contributed by atoms with E-state index < -0.39 is 10.0 Å². The van der Waals surface area contributed by atoms with Crippen molar-refractivity contribution in [1.82, 2.24) is 20.2 Å². The zero-order chi connectivity index (χ0) is 14.6. The molecule has 114 valence electrons. The average molecular weight is 300 g/mol. The summed E-state index contributed by atoms with van der Waals surface area (Å²) in [5.41, 5.74) is 1.15. The first kappa shape index (κ1) is 15.5. The molecule has 0 aliphatic heterocycles. The summed E-state index contributed by atoms with van der Waals surface area (Å²) < 4.78 is 27.5. The first-order chi connectivity index (χ1) is 9.54. The van der Waals surface area contributed by atoms with Gasteiger partial charge in [-0.2, -0.15) is 5.10 Å². The Morgan fingerprint density at radius 2 is 2.15 bits per heavy atom. The van der Waals surface area contributed by atoms with Crippen molar-refractivity contribution in [3.8, 4) is 0 Å². The molecule has 0 atom stereocenters. The second kappa shape index (κ2) is 6.69. The molecule has 0 unspecified atom stereocenters. The molecule has 1 aliphatic carbocycles. The second-order valence-electron chi connectivity index (χ2n) is 5.39. The minimum Gasteiger partial charge on any atom is -0.311 e. The van der Waals surface area contributed by atoms with E-state index in [4.69, 9.17) is 0 Å². The average Bonchev–Trinajstić information content (AvgIpc) is 2.72. The molecule has 0 bridgehead atoms. The quantitative estimate of drug-likeness (QED) is 0.675. The summed E-state index contributed by atoms with van der Waals surface area (Å²) in [5.74, 6) is 0.698. The van der Waals surface area contributed by atoms with Gasteiger partial charge in [-0.15, -0.1) is 0 Å². The third-order valence-corrected chi connectivity index (χ3v) is 5.51. The molecular formula is C13H24N4O2S. The fraction of sp³-hybridized carbons (Fsp3) is 0.769. The molecule has 0 spiro atoms. The van der Waals surface area contributed by atoms with Crippen LogP contribution in [0.3, 0.4) is 0 Å². The van der Waals surface area contributed by atoms with Crippen LogP contribution in [0, 0.1) is 12.8 Å². The van der Waals surface area contributed by atoms with Crippen molar-refractivity contribution >= 4 is 10.0 Å². The predicted octanol–water partition coefficient (Wildman–Crippen LogP) is 1.30. The number of aromatic nitrogens is 2. The third-order valence-electron chi connectivity index (χ3n) is 3.84. The first-order valence-electron chi connectivity index (χ1n) is 7.28. The van der Waals surface area contributed by atoms with Gasteiger partial charge in [-0.25, -0.2) is 13.1 Å². The molecular weight excluding hydrogens is 276 g/mol. The molecule has 1 aliphatic rings. The fourth-order valence-electron chi connectivity index (χ4n) is 2.44. The molecule has 3 N–H and O–H groups in total. The Bertz CT molecular complexity index is 535. The van der Waals surface area contributed by atoms with Crippen LogP contribution < -0.4 is 10.0 Å². The van der Waals surface area contributed by atoms with Gasteiger partial charge >= 0.3 is 0 Å². The highest BCUT2D eigenvalue weighted by Gasteiger charge is 2.24. The molecule has 0 aromatic carbocycles. The second-order valence-corrected chi connectivity index (χ2v) is 7.09. The van der Waals surface area contributed by atoms with E-state index in [1.807, 2.05) is 6.92 Å². The van der Waals surface area contributed by atoms with E-state index in [0.717, 1.165) is 13.0 Å². The van der Waals surface area contributed by atoms with Crippen LogP contribution in [0.5, 0.6) is 0 Å². The highest BCUT2D eigenvalue weighted by Crippen LogP contribution is 2.29. The maximum atomic E-state index is 12.4. The Labute approximate surface area is 120 Å². The molecule has 0 amide bonds. The number of aryl methyl sites for hydroxylation is 1. The smallest absolute Gasteiger partial charge is 0.244 e. The number of nitrogens with zero attached hydrogens (tertiary/aromatic N) is 1. The number of hydrogen-bond acceptors (Lipinski definition) is 4. The summed E-state index contributed by atoms with van der Waals surface area (Å²) >= 11 is 0. The van der Waals surface area contributed by atoms with Crippen molar-refractivity contribution in [2.75, 3.05) is 13.1 Å². The van der Waals surface area contributed by atoms with E-state index in [9.17, 15) is 8.42 Å². The van der Waals surface area contributed by atoms with Crippen LogP contribution in [0.15, 0.2) is 4.90 Å². The molecule has 1 aromatic heterocycles. The van der Waals surface area contributed by atoms with E-state index in [2.05, 4.69) is 20.2 Å². The van der Waals surface area contributed by atoms with Crippen LogP contribution in [0.1, 0.15) is 44.0 Å². The number of rotatable bonds is 8. The van der Waals surface area contributed by atoms with E-state index in [-0.39, 0.29) is 0 Å². The number of nitrogens with one attached hydrogen (secondary N) is 3. The minimum absolute atomic E-state index is 0.298. The normalized spacial score (nSPS) is 16.3. The van der Waals surface area contributed by atoms with Crippen LogP contribution in [-0.4, -0.2) is 31.7 Å². The van der Waals surface area contributed by atoms with Crippen LogP contribution in [-0.2, 0) is 16.6 Å². The lowest BCUT2D eigenvalue weighted by molar-refractivity contribution is 0.297. The zero-order valence-electron chi connectivity index (χ0n) is 12.2. The molecule has 1 fully saturated rings. The summed E-state index contributed by atoms with van der Waals surface area (Å²) in [5, 5.41) is 9.96. The van der Waals surface area contributed by atoms with Gasteiger partial charge in [0.2, 0.25) is 10.0 Å². The van der Waals surface area contributed by atoms with Crippen molar-refractivity contribution in [3.05, 3.63) is 11.4 Å². The Morgan fingerprint density at radius 1 is 1.40 bits per heavy atom. The zero-order valence-corrected chi connectivity index (χ0v) is 13.0. The van der Waals surface area contributed by atoms with E-state index in [1.54, 1.807) is 6.92 Å². The fourth-order valence-corrected chi connectivity index (χ4v) is 3.85. The molecule has 0 saturated heterocycles. The van der Waals surface area contributed by atoms with Crippen molar-refractivity contribution in [2.24, 2.45) is 5.92 Å². The molecule has 1 saturated carbocycles. The number of H-pyrrole nitrogens is 1. The predicted molar refractivity (Wildman–Crippen MR) is 77.9 cm³/mol. The Hall–Kier alpha value is -0.920. The van der Waals surface area contributed by atoms with Gasteiger partial charge in [0.15, 0.2) is 0 Å². The van der Waals surface area contributed by atoms with Crippen molar-refractivity contribution in [3.63, 3.8) is 0 Å². The summed E-state index contributed by atoms with van der Waals surface area (Å²) in [4.78, 5) is 0.298. The lowest BCUT2D eigenvalue weighted by Crippen LogP contribution is -2.29. The number of sulfonamides is 1. The third kappa shape index (κ3) is 3.59. The summed E-state index contributed by atoms with van der Waals surface area (Å²) in [7, 11) is -3.47. The standard InChI is InChI=1S/C13H24N4O2S/c1-3-14-9-12-13(10(2)16-17-12)20(18,19)15-8-7-11-5-4-6-11/h11,14-15H,3-9H2,1-2H3,(H,16,17). The molecule has 7 heteroatoms. The minimum atomic E-state index is -3.47. The van der Waals surface area contributed by atoms with Crippen molar-refractivity contribution < 1.29 is 8.42 Å². The molecule has 2 rings (SSSR count). The first-order valence-corrected chi connectivity index (χ1v) is 8.77. The molecule has 6 nitrogen and oxygen atoms in total. The summed E-state index contributed by atoms with van der Waals surface area (Å²) in [6, 6.07) is 0. The molecule has 1 aromatic rings. The van der Waals surface area contributed by atoms with Gasteiger partial charge in [0.05, 0.1) is 11.4 Å². The van der Waals surface area contributed by atoms with Gasteiger partial charge in [0.1, 0.15) is 4.90 Å². The van der Waals surface area contributed by atoms with Gasteiger partial charge in [-0.05, 0) is 25.8 Å². The van der Waals surface area contributed by atoms with E-state index in [0.29, 0.717) is 35.3 Å². The SMILES string of the molecule is CCNCc1n[nH]c(C)c1S(=O)(=O)NCCC1CCC1. The highest BCUT2D eigenvalue weighted by molar-refractivity contribution is 7.89. The Morgan fingerprint density at radius 3 is 2.75 bits per heavy atom. The molecule has 1 heterocycles. The molecule has 20 heavy (non-hydrogen) atoms. The summed E-state index contributed by atoms with van der Waals surface area (Å²) in [6.45, 7) is 5.46. The van der Waals surface area contributed by atoms with Crippen LogP contribution in [0.2, 0.25) is 0 Å². The Kier molecular flexibility index (Phi) is 5.17. The molecule has 0 radical (unpaired) electrons. The van der Waals surface area contributed by atoms with Crippen molar-refractivity contribution in [2.45, 2.75) is 51.0 Å². The monoisotopic (exact) mass is 300 g/mol. The van der Waals surface area contributed by atoms with Gasteiger partial charge < -0.3 is 5.32 Å². The van der Waals surface area contributed by atoms with Crippen LogP contribution in [0.25, 0.3) is 0 Å². The topological polar surface area (TPSA) is 86.9 Å². The highest BCUT2D eigenvalue weighted by atomic mass is 32.2. The van der Waals surface area contributed by atoms with E-state index >= 15 is 0 Å². The van der Waals surface area contributed by atoms with Crippen LogP contribution >= 0.6 is 0 Å². The lowest BCUT2D eigenvalue weighted by atomic mass is 9.83. The van der Waals surface area contributed by atoms with Gasteiger partial charge in [-0.3, -0.25) is 5.10 Å². The Balaban J connectivity index is 2.01. The number of hydrogen-bond donors (Lipinski definition) is 3. The van der Waals surface area contributed by atoms with E-state index in [1.165, 1.54) is 19.3 Å². The van der Waals surface area contributed by atoms with Crippen LogP contribution in [0.4, 0.5) is 0 Å².